The van der Waals surface area contributed by atoms with Crippen molar-refractivity contribution < 1.29 is 4.79 Å². The lowest BCUT2D eigenvalue weighted by molar-refractivity contribution is -0.118. The van der Waals surface area contributed by atoms with E-state index in [-0.39, 0.29) is 17.4 Å². The molecule has 1 aromatic rings. The number of halogens is 1. The zero-order valence-corrected chi connectivity index (χ0v) is 12.7. The smallest absolute Gasteiger partial charge is 0.239 e. The van der Waals surface area contributed by atoms with E-state index in [9.17, 15) is 4.79 Å². The van der Waals surface area contributed by atoms with Crippen LogP contribution < -0.4 is 11.1 Å². The molecule has 0 aliphatic carbocycles. The number of nitrogens with one attached hydrogen (secondary N) is 1. The van der Waals surface area contributed by atoms with E-state index in [2.05, 4.69) is 29.0 Å². The molecule has 2 heterocycles. The molecule has 0 aromatic carbocycles. The van der Waals surface area contributed by atoms with Crippen LogP contribution in [0.1, 0.15) is 20.3 Å². The van der Waals surface area contributed by atoms with Gasteiger partial charge in [0, 0.05) is 25.3 Å². The molecular weight excluding hydrogens is 276 g/mol. The number of amides is 1. The highest BCUT2D eigenvalue weighted by atomic mass is 35.5. The van der Waals surface area contributed by atoms with Crippen LogP contribution in [0.2, 0.25) is 5.02 Å². The second-order valence-electron chi connectivity index (χ2n) is 6.00. The maximum absolute atomic E-state index is 12.0. The number of nitrogens with two attached hydrogens (primary N) is 1. The van der Waals surface area contributed by atoms with Crippen molar-refractivity contribution in [1.29, 1.82) is 0 Å². The average molecular weight is 297 g/mol. The predicted octanol–water partition coefficient (Wildman–Crippen LogP) is 1.73. The number of pyridine rings is 1. The normalized spacial score (nSPS) is 22.5. The molecule has 1 amide bonds. The van der Waals surface area contributed by atoms with Gasteiger partial charge in [0.2, 0.25) is 5.91 Å². The molecule has 20 heavy (non-hydrogen) atoms. The van der Waals surface area contributed by atoms with Gasteiger partial charge in [-0.05, 0) is 24.0 Å². The van der Waals surface area contributed by atoms with Crippen molar-refractivity contribution in [3.05, 3.63) is 23.4 Å². The lowest BCUT2D eigenvalue weighted by Crippen LogP contribution is -2.53. The minimum Gasteiger partial charge on any atom is -0.327 e. The summed E-state index contributed by atoms with van der Waals surface area (Å²) in [7, 11) is 0. The van der Waals surface area contributed by atoms with Gasteiger partial charge in [-0.3, -0.25) is 9.69 Å². The van der Waals surface area contributed by atoms with Crippen LogP contribution in [0.15, 0.2) is 18.3 Å². The molecule has 0 spiro atoms. The number of rotatable bonds is 3. The topological polar surface area (TPSA) is 71.2 Å². The highest BCUT2D eigenvalue weighted by molar-refractivity contribution is 6.30. The zero-order chi connectivity index (χ0) is 14.8. The van der Waals surface area contributed by atoms with Crippen LogP contribution in [-0.4, -0.2) is 41.5 Å². The third kappa shape index (κ3) is 3.91. The maximum atomic E-state index is 12.0. The molecule has 1 atom stereocenters. The van der Waals surface area contributed by atoms with E-state index >= 15 is 0 Å². The molecule has 110 valence electrons. The number of likely N-dealkylation sites (tertiary alicyclic amines) is 1. The van der Waals surface area contributed by atoms with Gasteiger partial charge in [-0.2, -0.15) is 0 Å². The van der Waals surface area contributed by atoms with Gasteiger partial charge in [-0.25, -0.2) is 4.98 Å². The maximum Gasteiger partial charge on any atom is 0.239 e. The standard InChI is InChI=1S/C14H21ClN4O/c1-14(2)9-19(6-5-11(14)16)8-13(20)18-12-4-3-10(15)7-17-12/h3-4,7,11H,5-6,8-9,16H2,1-2H3,(H,17,18,20). The molecule has 1 aromatic heterocycles. The second kappa shape index (κ2) is 6.08. The highest BCUT2D eigenvalue weighted by Gasteiger charge is 2.33. The van der Waals surface area contributed by atoms with Crippen LogP contribution in [0, 0.1) is 5.41 Å². The Balaban J connectivity index is 1.87. The molecule has 6 heteroatoms. The third-order valence-corrected chi connectivity index (χ3v) is 3.98. The van der Waals surface area contributed by atoms with Crippen molar-refractivity contribution in [3.63, 3.8) is 0 Å². The fourth-order valence-corrected chi connectivity index (χ4v) is 2.57. The molecule has 0 saturated carbocycles. The Bertz CT molecular complexity index is 475. The first kappa shape index (κ1) is 15.2. The molecule has 2 rings (SSSR count). The fourth-order valence-electron chi connectivity index (χ4n) is 2.46. The van der Waals surface area contributed by atoms with Crippen molar-refractivity contribution in [2.75, 3.05) is 25.0 Å². The van der Waals surface area contributed by atoms with Crippen LogP contribution >= 0.6 is 11.6 Å². The quantitative estimate of drug-likeness (QED) is 0.891. The van der Waals surface area contributed by atoms with E-state index in [0.717, 1.165) is 19.5 Å². The van der Waals surface area contributed by atoms with Crippen LogP contribution in [0.4, 0.5) is 5.82 Å². The SMILES string of the molecule is CC1(C)CN(CC(=O)Nc2ccc(Cl)cn2)CCC1N. The Morgan fingerprint density at radius 2 is 2.35 bits per heavy atom. The number of carbonyl (C=O) groups is 1. The van der Waals surface area contributed by atoms with Gasteiger partial charge >= 0.3 is 0 Å². The molecular formula is C14H21ClN4O. The van der Waals surface area contributed by atoms with E-state index in [0.29, 0.717) is 17.4 Å². The minimum absolute atomic E-state index is 0.0387. The van der Waals surface area contributed by atoms with Crippen LogP contribution in [0.3, 0.4) is 0 Å². The summed E-state index contributed by atoms with van der Waals surface area (Å²) in [6, 6.07) is 3.59. The first-order valence-electron chi connectivity index (χ1n) is 6.76. The van der Waals surface area contributed by atoms with Crippen molar-refractivity contribution in [2.45, 2.75) is 26.3 Å². The van der Waals surface area contributed by atoms with E-state index < -0.39 is 0 Å². The third-order valence-electron chi connectivity index (χ3n) is 3.75. The molecule has 1 unspecified atom stereocenters. The molecule has 1 saturated heterocycles. The second-order valence-corrected chi connectivity index (χ2v) is 6.44. The molecule has 1 fully saturated rings. The Kier molecular flexibility index (Phi) is 4.62. The summed E-state index contributed by atoms with van der Waals surface area (Å²) >= 11 is 5.75. The van der Waals surface area contributed by atoms with Gasteiger partial charge in [0.1, 0.15) is 5.82 Å². The summed E-state index contributed by atoms with van der Waals surface area (Å²) in [6.07, 6.45) is 2.43. The molecule has 3 N–H and O–H groups in total. The molecule has 0 radical (unpaired) electrons. The van der Waals surface area contributed by atoms with Gasteiger partial charge in [-0.1, -0.05) is 25.4 Å². The fraction of sp³-hybridized carbons (Fsp3) is 0.571. The van der Waals surface area contributed by atoms with Gasteiger partial charge in [0.25, 0.3) is 0 Å². The largest absolute Gasteiger partial charge is 0.327 e. The number of hydrogen-bond donors (Lipinski definition) is 2. The van der Waals surface area contributed by atoms with Crippen LogP contribution in [0.25, 0.3) is 0 Å². The number of aromatic nitrogens is 1. The Hall–Kier alpha value is -1.17. The van der Waals surface area contributed by atoms with E-state index in [4.69, 9.17) is 17.3 Å². The van der Waals surface area contributed by atoms with Gasteiger partial charge in [0.05, 0.1) is 11.6 Å². The minimum atomic E-state index is -0.0638. The number of piperidine rings is 1. The first-order valence-corrected chi connectivity index (χ1v) is 7.14. The summed E-state index contributed by atoms with van der Waals surface area (Å²) in [5, 5.41) is 3.32. The Morgan fingerprint density at radius 1 is 1.60 bits per heavy atom. The number of anilines is 1. The number of hydrogen-bond acceptors (Lipinski definition) is 4. The van der Waals surface area contributed by atoms with E-state index in [1.54, 1.807) is 12.1 Å². The van der Waals surface area contributed by atoms with Gasteiger partial charge in [0.15, 0.2) is 0 Å². The number of carbonyl (C=O) groups excluding carboxylic acids is 1. The lowest BCUT2D eigenvalue weighted by Gasteiger charge is -2.42. The molecule has 1 aliphatic heterocycles. The first-order chi connectivity index (χ1) is 9.37. The van der Waals surface area contributed by atoms with Crippen molar-refractivity contribution in [3.8, 4) is 0 Å². The molecule has 1 aliphatic rings. The summed E-state index contributed by atoms with van der Waals surface area (Å²) in [4.78, 5) is 18.2. The highest BCUT2D eigenvalue weighted by Crippen LogP contribution is 2.27. The van der Waals surface area contributed by atoms with Crippen molar-refractivity contribution in [1.82, 2.24) is 9.88 Å². The van der Waals surface area contributed by atoms with E-state index in [1.807, 2.05) is 0 Å². The lowest BCUT2D eigenvalue weighted by atomic mass is 9.80. The zero-order valence-electron chi connectivity index (χ0n) is 11.9. The van der Waals surface area contributed by atoms with E-state index in [1.165, 1.54) is 6.20 Å². The number of nitrogens with zero attached hydrogens (tertiary/aromatic N) is 2. The average Bonchev–Trinajstić information content (AvgIpc) is 2.36. The Labute approximate surface area is 124 Å². The Morgan fingerprint density at radius 3 is 2.95 bits per heavy atom. The molecule has 5 nitrogen and oxygen atoms in total. The van der Waals surface area contributed by atoms with Crippen LogP contribution in [0.5, 0.6) is 0 Å². The van der Waals surface area contributed by atoms with Gasteiger partial charge < -0.3 is 11.1 Å². The van der Waals surface area contributed by atoms with Crippen LogP contribution in [-0.2, 0) is 4.79 Å². The van der Waals surface area contributed by atoms with Crippen molar-refractivity contribution >= 4 is 23.3 Å². The van der Waals surface area contributed by atoms with Crippen molar-refractivity contribution in [2.24, 2.45) is 11.1 Å². The summed E-state index contributed by atoms with van der Waals surface area (Å²) in [5.74, 6) is 0.457. The predicted molar refractivity (Wildman–Crippen MR) is 80.7 cm³/mol. The van der Waals surface area contributed by atoms with Gasteiger partial charge in [-0.15, -0.1) is 0 Å². The molecule has 0 bridgehead atoms. The summed E-state index contributed by atoms with van der Waals surface area (Å²) in [6.45, 7) is 6.33. The summed E-state index contributed by atoms with van der Waals surface area (Å²) in [5.41, 5.74) is 6.13. The summed E-state index contributed by atoms with van der Waals surface area (Å²) < 4.78 is 0. The monoisotopic (exact) mass is 296 g/mol.